The molecule has 1 amide bonds. The molecular formula is C21H20ClN3O4. The lowest BCUT2D eigenvalue weighted by Crippen LogP contribution is -2.23. The van der Waals surface area contributed by atoms with Crippen molar-refractivity contribution in [2.75, 3.05) is 13.2 Å². The van der Waals surface area contributed by atoms with Crippen LogP contribution in [0.15, 0.2) is 47.0 Å². The maximum Gasteiger partial charge on any atom is 0.227 e. The highest BCUT2D eigenvalue weighted by Gasteiger charge is 2.16. The largest absolute Gasteiger partial charge is 0.489 e. The molecule has 3 aromatic rings. The van der Waals surface area contributed by atoms with E-state index in [1.54, 1.807) is 6.07 Å². The minimum absolute atomic E-state index is 0.118. The number of amides is 1. The highest BCUT2D eigenvalue weighted by Crippen LogP contribution is 2.37. The molecule has 8 heteroatoms. The molecule has 29 heavy (non-hydrogen) atoms. The van der Waals surface area contributed by atoms with Gasteiger partial charge in [-0.25, -0.2) is 0 Å². The Morgan fingerprint density at radius 1 is 1.14 bits per heavy atom. The molecule has 0 aliphatic carbocycles. The third kappa shape index (κ3) is 4.86. The first-order valence-corrected chi connectivity index (χ1v) is 9.79. The maximum absolute atomic E-state index is 12.2. The fourth-order valence-corrected chi connectivity index (χ4v) is 3.24. The highest BCUT2D eigenvalue weighted by molar-refractivity contribution is 6.32. The zero-order chi connectivity index (χ0) is 20.1. The van der Waals surface area contributed by atoms with Gasteiger partial charge in [-0.05, 0) is 17.7 Å². The third-order valence-corrected chi connectivity index (χ3v) is 4.70. The van der Waals surface area contributed by atoms with Crippen molar-refractivity contribution in [3.05, 3.63) is 58.9 Å². The molecular weight excluding hydrogens is 394 g/mol. The molecule has 150 valence electrons. The Morgan fingerprint density at radius 3 is 2.83 bits per heavy atom. The van der Waals surface area contributed by atoms with E-state index >= 15 is 0 Å². The minimum atomic E-state index is -0.118. The van der Waals surface area contributed by atoms with Gasteiger partial charge in [-0.2, -0.15) is 4.98 Å². The molecule has 0 spiro atoms. The number of rotatable bonds is 6. The first-order valence-electron chi connectivity index (χ1n) is 9.42. The molecule has 0 saturated heterocycles. The topological polar surface area (TPSA) is 86.5 Å². The van der Waals surface area contributed by atoms with E-state index in [-0.39, 0.29) is 12.3 Å². The van der Waals surface area contributed by atoms with E-state index in [0.29, 0.717) is 54.4 Å². The number of fused-ring (bicyclic) bond motifs is 1. The molecule has 1 N–H and O–H groups in total. The number of carbonyl (C=O) groups is 1. The van der Waals surface area contributed by atoms with E-state index in [4.69, 9.17) is 25.6 Å². The molecule has 1 aromatic heterocycles. The summed E-state index contributed by atoms with van der Waals surface area (Å²) in [7, 11) is 0. The summed E-state index contributed by atoms with van der Waals surface area (Å²) in [5.41, 5.74) is 1.72. The molecule has 0 fully saturated rings. The Balaban J connectivity index is 1.30. The van der Waals surface area contributed by atoms with Crippen LogP contribution in [0.25, 0.3) is 11.4 Å². The van der Waals surface area contributed by atoms with Crippen molar-refractivity contribution in [1.29, 1.82) is 0 Å². The average Bonchev–Trinajstić information content (AvgIpc) is 3.09. The van der Waals surface area contributed by atoms with Crippen molar-refractivity contribution in [1.82, 2.24) is 15.5 Å². The molecule has 0 saturated carbocycles. The SMILES string of the molecule is O=C(CCc1nc(-c2ccccc2)no1)NCc1cc(Cl)c2c(c1)OCCCO2. The van der Waals surface area contributed by atoms with Crippen molar-refractivity contribution < 1.29 is 18.8 Å². The quantitative estimate of drug-likeness (QED) is 0.661. The summed E-state index contributed by atoms with van der Waals surface area (Å²) in [5, 5.41) is 7.31. The van der Waals surface area contributed by atoms with Gasteiger partial charge in [0.15, 0.2) is 11.5 Å². The first kappa shape index (κ1) is 19.3. The van der Waals surface area contributed by atoms with Crippen molar-refractivity contribution in [3.8, 4) is 22.9 Å². The van der Waals surface area contributed by atoms with E-state index < -0.39 is 0 Å². The molecule has 0 unspecified atom stereocenters. The second kappa shape index (κ2) is 8.96. The van der Waals surface area contributed by atoms with Gasteiger partial charge in [0.1, 0.15) is 0 Å². The van der Waals surface area contributed by atoms with Crippen LogP contribution < -0.4 is 14.8 Å². The Labute approximate surface area is 173 Å². The predicted molar refractivity (Wildman–Crippen MR) is 107 cm³/mol. The zero-order valence-electron chi connectivity index (χ0n) is 15.7. The van der Waals surface area contributed by atoms with Crippen molar-refractivity contribution in [3.63, 3.8) is 0 Å². The number of nitrogens with zero attached hydrogens (tertiary/aromatic N) is 2. The number of hydrogen-bond acceptors (Lipinski definition) is 6. The van der Waals surface area contributed by atoms with Gasteiger partial charge in [0.2, 0.25) is 17.6 Å². The van der Waals surface area contributed by atoms with E-state index in [1.807, 2.05) is 36.4 Å². The summed E-state index contributed by atoms with van der Waals surface area (Å²) in [6.45, 7) is 1.49. The Hall–Kier alpha value is -3.06. The maximum atomic E-state index is 12.2. The van der Waals surface area contributed by atoms with Crippen LogP contribution in [0.3, 0.4) is 0 Å². The number of benzene rings is 2. The summed E-state index contributed by atoms with van der Waals surface area (Å²) in [4.78, 5) is 16.5. The smallest absolute Gasteiger partial charge is 0.227 e. The molecule has 7 nitrogen and oxygen atoms in total. The van der Waals surface area contributed by atoms with Crippen molar-refractivity contribution >= 4 is 17.5 Å². The first-order chi connectivity index (χ1) is 14.2. The lowest BCUT2D eigenvalue weighted by molar-refractivity contribution is -0.121. The monoisotopic (exact) mass is 413 g/mol. The van der Waals surface area contributed by atoms with Crippen molar-refractivity contribution in [2.45, 2.75) is 25.8 Å². The van der Waals surface area contributed by atoms with Gasteiger partial charge in [0, 0.05) is 31.4 Å². The second-order valence-corrected chi connectivity index (χ2v) is 7.02. The predicted octanol–water partition coefficient (Wildman–Crippen LogP) is 3.80. The van der Waals surface area contributed by atoms with Gasteiger partial charge < -0.3 is 19.3 Å². The molecule has 4 rings (SSSR count). The van der Waals surface area contributed by atoms with E-state index in [9.17, 15) is 4.79 Å². The van der Waals surface area contributed by atoms with Crippen LogP contribution in [0.5, 0.6) is 11.5 Å². The Kier molecular flexibility index (Phi) is 5.95. The number of aromatic nitrogens is 2. The van der Waals surface area contributed by atoms with E-state index in [0.717, 1.165) is 17.5 Å². The number of carbonyl (C=O) groups excluding carboxylic acids is 1. The molecule has 2 aromatic carbocycles. The van der Waals surface area contributed by atoms with Gasteiger partial charge in [-0.15, -0.1) is 0 Å². The standard InChI is InChI=1S/C21H20ClN3O4/c22-16-11-14(12-17-20(16)28-10-4-9-27-17)13-23-18(26)7-8-19-24-21(25-29-19)15-5-2-1-3-6-15/h1-3,5-6,11-12H,4,7-10,13H2,(H,23,26). The molecule has 2 heterocycles. The van der Waals surface area contributed by atoms with Crippen LogP contribution in [0.2, 0.25) is 5.02 Å². The lowest BCUT2D eigenvalue weighted by Gasteiger charge is -2.12. The van der Waals surface area contributed by atoms with E-state index in [1.165, 1.54) is 0 Å². The van der Waals surface area contributed by atoms with Gasteiger partial charge >= 0.3 is 0 Å². The summed E-state index contributed by atoms with van der Waals surface area (Å²) in [5.74, 6) is 2.00. The molecule has 1 aliphatic heterocycles. The van der Waals surface area contributed by atoms with Gasteiger partial charge in [0.05, 0.1) is 18.2 Å². The molecule has 0 atom stereocenters. The number of hydrogen-bond donors (Lipinski definition) is 1. The van der Waals surface area contributed by atoms with Crippen LogP contribution in [0.1, 0.15) is 24.3 Å². The summed E-state index contributed by atoms with van der Waals surface area (Å²) in [6.07, 6.45) is 1.42. The fourth-order valence-electron chi connectivity index (χ4n) is 2.96. The van der Waals surface area contributed by atoms with Crippen LogP contribution in [0.4, 0.5) is 0 Å². The number of halogens is 1. The molecule has 0 bridgehead atoms. The van der Waals surface area contributed by atoms with E-state index in [2.05, 4.69) is 15.5 Å². The summed E-state index contributed by atoms with van der Waals surface area (Å²) < 4.78 is 16.5. The fraction of sp³-hybridized carbons (Fsp3) is 0.286. The Bertz CT molecular complexity index is 991. The number of ether oxygens (including phenoxy) is 2. The van der Waals surface area contributed by atoms with Gasteiger partial charge in [-0.1, -0.05) is 47.1 Å². The Morgan fingerprint density at radius 2 is 1.97 bits per heavy atom. The molecule has 1 aliphatic rings. The second-order valence-electron chi connectivity index (χ2n) is 6.61. The zero-order valence-corrected chi connectivity index (χ0v) is 16.4. The number of aryl methyl sites for hydroxylation is 1. The van der Waals surface area contributed by atoms with Gasteiger partial charge in [0.25, 0.3) is 0 Å². The van der Waals surface area contributed by atoms with Crippen molar-refractivity contribution in [2.24, 2.45) is 0 Å². The normalized spacial score (nSPS) is 13.0. The van der Waals surface area contributed by atoms with Gasteiger partial charge in [-0.3, -0.25) is 4.79 Å². The lowest BCUT2D eigenvalue weighted by atomic mass is 10.2. The molecule has 0 radical (unpaired) electrons. The average molecular weight is 414 g/mol. The van der Waals surface area contributed by atoms with Crippen LogP contribution in [0, 0.1) is 0 Å². The van der Waals surface area contributed by atoms with Crippen LogP contribution >= 0.6 is 11.6 Å². The van der Waals surface area contributed by atoms with Crippen LogP contribution in [-0.2, 0) is 17.8 Å². The number of nitrogens with one attached hydrogen (secondary N) is 1. The summed E-state index contributed by atoms with van der Waals surface area (Å²) >= 11 is 6.28. The highest BCUT2D eigenvalue weighted by atomic mass is 35.5. The van der Waals surface area contributed by atoms with Crippen LogP contribution in [-0.4, -0.2) is 29.3 Å². The minimum Gasteiger partial charge on any atom is -0.489 e. The third-order valence-electron chi connectivity index (χ3n) is 4.42. The summed E-state index contributed by atoms with van der Waals surface area (Å²) in [6, 6.07) is 13.2.